The molecule has 0 atom stereocenters. The number of rotatable bonds is 6. The van der Waals surface area contributed by atoms with Crippen LogP contribution in [0, 0.1) is 0 Å². The predicted octanol–water partition coefficient (Wildman–Crippen LogP) is 1.86. The average molecular weight is 265 g/mol. The van der Waals surface area contributed by atoms with E-state index in [9.17, 15) is 8.78 Å². The second kappa shape index (κ2) is 6.74. The highest BCUT2D eigenvalue weighted by Crippen LogP contribution is 2.25. The fraction of sp³-hybridized carbons (Fsp3) is 0.455. The molecule has 0 spiro atoms. The third kappa shape index (κ3) is 4.11. The number of hydrogen-bond donors (Lipinski definition) is 2. The summed E-state index contributed by atoms with van der Waals surface area (Å²) >= 11 is 5.84. The Morgan fingerprint density at radius 1 is 1.41 bits per heavy atom. The molecule has 0 radical (unpaired) electrons. The van der Waals surface area contributed by atoms with Gasteiger partial charge in [-0.25, -0.2) is 8.78 Å². The van der Waals surface area contributed by atoms with Gasteiger partial charge < -0.3 is 15.7 Å². The molecular formula is C11H15ClF2N2O. The number of anilines is 1. The number of aliphatic hydroxyl groups excluding tert-OH is 1. The summed E-state index contributed by atoms with van der Waals surface area (Å²) in [6.07, 6.45) is -2.48. The van der Waals surface area contributed by atoms with Crippen LogP contribution in [0.5, 0.6) is 0 Å². The van der Waals surface area contributed by atoms with Crippen molar-refractivity contribution in [1.82, 2.24) is 0 Å². The van der Waals surface area contributed by atoms with Gasteiger partial charge >= 0.3 is 0 Å². The van der Waals surface area contributed by atoms with Gasteiger partial charge in [-0.05, 0) is 17.7 Å². The van der Waals surface area contributed by atoms with Crippen LogP contribution in [0.2, 0.25) is 5.02 Å². The van der Waals surface area contributed by atoms with E-state index >= 15 is 0 Å². The van der Waals surface area contributed by atoms with Crippen molar-refractivity contribution in [3.63, 3.8) is 0 Å². The Bertz CT molecular complexity index is 363. The van der Waals surface area contributed by atoms with Crippen LogP contribution in [0.1, 0.15) is 5.56 Å². The number of halogens is 3. The fourth-order valence-corrected chi connectivity index (χ4v) is 1.77. The minimum absolute atomic E-state index is 0.123. The molecule has 96 valence electrons. The Hall–Kier alpha value is -0.910. The lowest BCUT2D eigenvalue weighted by molar-refractivity contribution is 0.152. The van der Waals surface area contributed by atoms with Crippen molar-refractivity contribution in [3.8, 4) is 0 Å². The Labute approximate surface area is 104 Å². The van der Waals surface area contributed by atoms with Gasteiger partial charge in [-0.3, -0.25) is 0 Å². The van der Waals surface area contributed by atoms with Gasteiger partial charge in [-0.2, -0.15) is 0 Å². The predicted molar refractivity (Wildman–Crippen MR) is 64.6 cm³/mol. The van der Waals surface area contributed by atoms with E-state index in [0.717, 1.165) is 5.56 Å². The van der Waals surface area contributed by atoms with Crippen LogP contribution in [0.3, 0.4) is 0 Å². The second-order valence-electron chi connectivity index (χ2n) is 3.54. The summed E-state index contributed by atoms with van der Waals surface area (Å²) in [5.41, 5.74) is 6.82. The molecule has 0 aliphatic rings. The van der Waals surface area contributed by atoms with Crippen LogP contribution in [-0.4, -0.2) is 31.2 Å². The van der Waals surface area contributed by atoms with Gasteiger partial charge in [0.15, 0.2) is 0 Å². The third-order valence-electron chi connectivity index (χ3n) is 2.34. The van der Waals surface area contributed by atoms with E-state index in [1.807, 2.05) is 0 Å². The van der Waals surface area contributed by atoms with E-state index in [4.69, 9.17) is 22.4 Å². The zero-order valence-corrected chi connectivity index (χ0v) is 10.00. The van der Waals surface area contributed by atoms with E-state index in [1.165, 1.54) is 4.90 Å². The zero-order valence-electron chi connectivity index (χ0n) is 9.24. The first-order valence-electron chi connectivity index (χ1n) is 5.21. The molecule has 0 saturated carbocycles. The van der Waals surface area contributed by atoms with Crippen LogP contribution < -0.4 is 10.6 Å². The minimum atomic E-state index is -2.48. The van der Waals surface area contributed by atoms with Gasteiger partial charge in [0.1, 0.15) is 0 Å². The molecule has 6 heteroatoms. The standard InChI is InChI=1S/C11H15ClF2N2O/c12-9-2-1-8(6-15)10(5-9)16(3-4-17)7-11(13)14/h1-2,5,11,17H,3-4,6-7,15H2. The number of aliphatic hydroxyl groups is 1. The summed E-state index contributed by atoms with van der Waals surface area (Å²) in [6, 6.07) is 4.95. The molecule has 0 amide bonds. The molecule has 0 heterocycles. The molecule has 3 N–H and O–H groups in total. The van der Waals surface area contributed by atoms with Crippen molar-refractivity contribution in [2.24, 2.45) is 5.73 Å². The maximum Gasteiger partial charge on any atom is 0.255 e. The summed E-state index contributed by atoms with van der Waals surface area (Å²) < 4.78 is 24.9. The molecule has 17 heavy (non-hydrogen) atoms. The second-order valence-corrected chi connectivity index (χ2v) is 3.97. The van der Waals surface area contributed by atoms with Gasteiger partial charge in [0.25, 0.3) is 6.43 Å². The summed E-state index contributed by atoms with van der Waals surface area (Å²) in [5.74, 6) is 0. The first kappa shape index (κ1) is 14.2. The largest absolute Gasteiger partial charge is 0.395 e. The van der Waals surface area contributed by atoms with E-state index in [-0.39, 0.29) is 19.7 Å². The summed E-state index contributed by atoms with van der Waals surface area (Å²) in [7, 11) is 0. The topological polar surface area (TPSA) is 49.5 Å². The third-order valence-corrected chi connectivity index (χ3v) is 2.57. The molecule has 3 nitrogen and oxygen atoms in total. The SMILES string of the molecule is NCc1ccc(Cl)cc1N(CCO)CC(F)F. The molecule has 0 fully saturated rings. The van der Waals surface area contributed by atoms with Crippen LogP contribution in [0.25, 0.3) is 0 Å². The average Bonchev–Trinajstić information content (AvgIpc) is 2.28. The molecule has 1 rings (SSSR count). The maximum absolute atomic E-state index is 12.4. The van der Waals surface area contributed by atoms with Gasteiger partial charge in [0, 0.05) is 23.8 Å². The normalized spacial score (nSPS) is 10.9. The summed E-state index contributed by atoms with van der Waals surface area (Å²) in [6.45, 7) is -0.299. The molecule has 1 aromatic carbocycles. The molecular weight excluding hydrogens is 250 g/mol. The van der Waals surface area contributed by atoms with E-state index in [0.29, 0.717) is 10.7 Å². The monoisotopic (exact) mass is 264 g/mol. The molecule has 0 aromatic heterocycles. The highest BCUT2D eigenvalue weighted by Gasteiger charge is 2.15. The van der Waals surface area contributed by atoms with Gasteiger partial charge in [-0.15, -0.1) is 0 Å². The van der Waals surface area contributed by atoms with Crippen LogP contribution >= 0.6 is 11.6 Å². The maximum atomic E-state index is 12.4. The first-order chi connectivity index (χ1) is 8.08. The van der Waals surface area contributed by atoms with Crippen molar-refractivity contribution >= 4 is 17.3 Å². The number of nitrogens with zero attached hydrogens (tertiary/aromatic N) is 1. The lowest BCUT2D eigenvalue weighted by Gasteiger charge is -2.26. The fourth-order valence-electron chi connectivity index (χ4n) is 1.60. The van der Waals surface area contributed by atoms with Crippen molar-refractivity contribution in [2.45, 2.75) is 13.0 Å². The van der Waals surface area contributed by atoms with Crippen LogP contribution in [0.4, 0.5) is 14.5 Å². The molecule has 0 bridgehead atoms. The Balaban J connectivity index is 3.02. The summed E-state index contributed by atoms with van der Waals surface area (Å²) in [4.78, 5) is 1.39. The van der Waals surface area contributed by atoms with Crippen LogP contribution in [0.15, 0.2) is 18.2 Å². The van der Waals surface area contributed by atoms with E-state index in [2.05, 4.69) is 0 Å². The first-order valence-corrected chi connectivity index (χ1v) is 5.58. The van der Waals surface area contributed by atoms with Crippen molar-refractivity contribution in [2.75, 3.05) is 24.6 Å². The van der Waals surface area contributed by atoms with Gasteiger partial charge in [0.2, 0.25) is 0 Å². The minimum Gasteiger partial charge on any atom is -0.395 e. The van der Waals surface area contributed by atoms with Gasteiger partial charge in [0.05, 0.1) is 13.2 Å². The molecule has 1 aromatic rings. The van der Waals surface area contributed by atoms with Crippen LogP contribution in [-0.2, 0) is 6.54 Å². The zero-order chi connectivity index (χ0) is 12.8. The Morgan fingerprint density at radius 3 is 2.65 bits per heavy atom. The molecule has 0 saturated heterocycles. The number of alkyl halides is 2. The highest BCUT2D eigenvalue weighted by molar-refractivity contribution is 6.30. The smallest absolute Gasteiger partial charge is 0.255 e. The van der Waals surface area contributed by atoms with E-state index < -0.39 is 13.0 Å². The van der Waals surface area contributed by atoms with Crippen molar-refractivity contribution in [3.05, 3.63) is 28.8 Å². The van der Waals surface area contributed by atoms with Crippen molar-refractivity contribution in [1.29, 1.82) is 0 Å². The number of hydrogen-bond acceptors (Lipinski definition) is 3. The van der Waals surface area contributed by atoms with E-state index in [1.54, 1.807) is 18.2 Å². The Kier molecular flexibility index (Phi) is 5.61. The lowest BCUT2D eigenvalue weighted by Crippen LogP contribution is -2.32. The molecule has 0 unspecified atom stereocenters. The van der Waals surface area contributed by atoms with Crippen molar-refractivity contribution < 1.29 is 13.9 Å². The number of benzene rings is 1. The highest BCUT2D eigenvalue weighted by atomic mass is 35.5. The lowest BCUT2D eigenvalue weighted by atomic mass is 10.1. The quantitative estimate of drug-likeness (QED) is 0.825. The summed E-state index contributed by atoms with van der Waals surface area (Å²) in [5, 5.41) is 9.35. The molecule has 0 aliphatic heterocycles. The Morgan fingerprint density at radius 2 is 2.12 bits per heavy atom. The number of nitrogens with two attached hydrogens (primary N) is 1. The molecule has 0 aliphatic carbocycles. The van der Waals surface area contributed by atoms with Gasteiger partial charge in [-0.1, -0.05) is 17.7 Å².